The first-order valence-corrected chi connectivity index (χ1v) is 10.1. The van der Waals surface area contributed by atoms with Gasteiger partial charge in [0.25, 0.3) is 0 Å². The van der Waals surface area contributed by atoms with Crippen LogP contribution in [0, 0.1) is 11.7 Å². The minimum atomic E-state index is -0.512. The summed E-state index contributed by atoms with van der Waals surface area (Å²) in [5.74, 6) is 0.713. The van der Waals surface area contributed by atoms with E-state index in [0.717, 1.165) is 21.7 Å². The number of halogens is 2. The molecule has 0 aliphatic rings. The Bertz CT molecular complexity index is 1180. The lowest BCUT2D eigenvalue weighted by atomic mass is 10.1. The van der Waals surface area contributed by atoms with Crippen molar-refractivity contribution >= 4 is 30.1 Å². The highest BCUT2D eigenvalue weighted by Crippen LogP contribution is 2.32. The van der Waals surface area contributed by atoms with Gasteiger partial charge in [-0.3, -0.25) is 0 Å². The molecule has 156 valence electrons. The highest BCUT2D eigenvalue weighted by Gasteiger charge is 2.16. The predicted octanol–water partition coefficient (Wildman–Crippen LogP) is 4.99. The van der Waals surface area contributed by atoms with Gasteiger partial charge in [-0.15, -0.1) is 0 Å². The van der Waals surface area contributed by atoms with Gasteiger partial charge in [0.2, 0.25) is 0 Å². The van der Waals surface area contributed by atoms with Crippen molar-refractivity contribution in [1.82, 2.24) is 9.97 Å². The molecule has 3 rings (SSSR count). The molecule has 0 amide bonds. The summed E-state index contributed by atoms with van der Waals surface area (Å²) in [6.45, 7) is 10.1. The van der Waals surface area contributed by atoms with E-state index in [2.05, 4.69) is 36.5 Å². The number of ether oxygens (including phenoxy) is 1. The van der Waals surface area contributed by atoms with E-state index in [0.29, 0.717) is 22.3 Å². The molecule has 0 bridgehead atoms. The first kappa shape index (κ1) is 21.7. The van der Waals surface area contributed by atoms with Crippen molar-refractivity contribution in [3.8, 4) is 16.9 Å². The number of aromatic amines is 1. The molecule has 2 heterocycles. The quantitative estimate of drug-likeness (QED) is 0.584. The molecule has 1 aromatic carbocycles. The third kappa shape index (κ3) is 4.92. The summed E-state index contributed by atoms with van der Waals surface area (Å²) in [6.07, 6.45) is 9.19. The fraction of sp³-hybridized carbons (Fsp3) is 0.208. The van der Waals surface area contributed by atoms with Gasteiger partial charge in [0.1, 0.15) is 11.9 Å². The lowest BCUT2D eigenvalue weighted by Crippen LogP contribution is -2.21. The van der Waals surface area contributed by atoms with Crippen LogP contribution in [0.4, 0.5) is 10.2 Å². The van der Waals surface area contributed by atoms with Crippen LogP contribution in [-0.2, 0) is 0 Å². The molecule has 4 nitrogen and oxygen atoms in total. The molecule has 0 fully saturated rings. The molecule has 0 saturated heterocycles. The van der Waals surface area contributed by atoms with Crippen molar-refractivity contribution < 1.29 is 9.13 Å². The summed E-state index contributed by atoms with van der Waals surface area (Å²) >= 11 is 6.20. The Kier molecular flexibility index (Phi) is 6.63. The fourth-order valence-corrected chi connectivity index (χ4v) is 3.33. The molecule has 30 heavy (non-hydrogen) atoms. The first-order chi connectivity index (χ1) is 14.3. The Morgan fingerprint density at radius 1 is 1.27 bits per heavy atom. The monoisotopic (exact) mass is 425 g/mol. The zero-order valence-corrected chi connectivity index (χ0v) is 18.0. The van der Waals surface area contributed by atoms with Crippen LogP contribution in [-0.4, -0.2) is 9.97 Å². The molecule has 6 heteroatoms. The van der Waals surface area contributed by atoms with Gasteiger partial charge in [-0.2, -0.15) is 0 Å². The molecule has 0 spiro atoms. The number of allylic oxidation sites excluding steroid dienone is 2. The second kappa shape index (κ2) is 9.18. The molecule has 0 aliphatic heterocycles. The van der Waals surface area contributed by atoms with E-state index in [1.807, 2.05) is 24.4 Å². The predicted molar refractivity (Wildman–Crippen MR) is 122 cm³/mol. The van der Waals surface area contributed by atoms with Crippen molar-refractivity contribution in [2.75, 3.05) is 5.73 Å². The van der Waals surface area contributed by atoms with Crippen molar-refractivity contribution in [3.05, 3.63) is 75.8 Å². The molecular formula is C24H25ClFN3O. The highest BCUT2D eigenvalue weighted by atomic mass is 35.5. The van der Waals surface area contributed by atoms with Crippen LogP contribution >= 0.6 is 11.6 Å². The maximum Gasteiger partial charge on any atom is 0.166 e. The van der Waals surface area contributed by atoms with E-state index < -0.39 is 6.10 Å². The summed E-state index contributed by atoms with van der Waals surface area (Å²) in [7, 11) is 0. The number of nitrogens with two attached hydrogens (primary N) is 1. The van der Waals surface area contributed by atoms with Crippen LogP contribution in [0.3, 0.4) is 0 Å². The molecule has 2 aromatic heterocycles. The summed E-state index contributed by atoms with van der Waals surface area (Å²) in [5, 5.41) is 2.19. The fourth-order valence-electron chi connectivity index (χ4n) is 3.06. The van der Waals surface area contributed by atoms with Crippen LogP contribution in [0.2, 0.25) is 5.02 Å². The van der Waals surface area contributed by atoms with Crippen LogP contribution in [0.1, 0.15) is 32.4 Å². The summed E-state index contributed by atoms with van der Waals surface area (Å²) in [4.78, 5) is 7.43. The molecule has 0 radical (unpaired) electrons. The van der Waals surface area contributed by atoms with Gasteiger partial charge in [0, 0.05) is 44.7 Å². The summed E-state index contributed by atoms with van der Waals surface area (Å²) in [6, 6.07) is 5.99. The Morgan fingerprint density at radius 3 is 2.77 bits per heavy atom. The van der Waals surface area contributed by atoms with Gasteiger partial charge in [0.15, 0.2) is 11.6 Å². The van der Waals surface area contributed by atoms with Gasteiger partial charge in [-0.1, -0.05) is 50.3 Å². The average molecular weight is 426 g/mol. The summed E-state index contributed by atoms with van der Waals surface area (Å²) in [5.41, 5.74) is 8.33. The Balaban J connectivity index is 1.97. The third-order valence-electron chi connectivity index (χ3n) is 4.66. The molecule has 0 saturated carbocycles. The van der Waals surface area contributed by atoms with Gasteiger partial charge >= 0.3 is 0 Å². The topological polar surface area (TPSA) is 63.9 Å². The van der Waals surface area contributed by atoms with Crippen LogP contribution < -0.4 is 21.0 Å². The van der Waals surface area contributed by atoms with Crippen LogP contribution in [0.15, 0.2) is 48.8 Å². The third-order valence-corrected chi connectivity index (χ3v) is 5.00. The van der Waals surface area contributed by atoms with E-state index in [4.69, 9.17) is 22.1 Å². The zero-order chi connectivity index (χ0) is 21.8. The number of hydrogen-bond acceptors (Lipinski definition) is 3. The maximum atomic E-state index is 13.6. The van der Waals surface area contributed by atoms with Crippen LogP contribution in [0.5, 0.6) is 5.75 Å². The molecule has 3 N–H and O–H groups in total. The van der Waals surface area contributed by atoms with E-state index >= 15 is 0 Å². The Hall–Kier alpha value is -3.05. The lowest BCUT2D eigenvalue weighted by molar-refractivity contribution is 0.227. The SMILES string of the molecule is C=c1[nH]cc(-c2cnc(N)c(OC(C)c3cc(F)ccc3Cl)c2)/c1=C/C=C\C(C)C. The Labute approximate surface area is 180 Å². The first-order valence-electron chi connectivity index (χ1n) is 9.68. The highest BCUT2D eigenvalue weighted by molar-refractivity contribution is 6.31. The summed E-state index contributed by atoms with van der Waals surface area (Å²) < 4.78 is 19.6. The minimum absolute atomic E-state index is 0.244. The molecular weight excluding hydrogens is 401 g/mol. The largest absolute Gasteiger partial charge is 0.482 e. The lowest BCUT2D eigenvalue weighted by Gasteiger charge is -2.18. The number of nitrogens with one attached hydrogen (secondary N) is 1. The van der Waals surface area contributed by atoms with Crippen molar-refractivity contribution in [2.24, 2.45) is 5.92 Å². The second-order valence-corrected chi connectivity index (χ2v) is 7.83. The molecule has 1 atom stereocenters. The molecule has 0 aliphatic carbocycles. The number of nitrogens with zero attached hydrogens (tertiary/aromatic N) is 1. The number of rotatable bonds is 6. The van der Waals surface area contributed by atoms with Crippen molar-refractivity contribution in [1.29, 1.82) is 0 Å². The van der Waals surface area contributed by atoms with Gasteiger partial charge in [-0.05, 0) is 37.1 Å². The Morgan fingerprint density at radius 2 is 2.03 bits per heavy atom. The van der Waals surface area contributed by atoms with E-state index in [1.165, 1.54) is 18.2 Å². The maximum absolute atomic E-state index is 13.6. The normalized spacial score (nSPS) is 13.3. The van der Waals surface area contributed by atoms with Gasteiger partial charge < -0.3 is 15.5 Å². The molecule has 3 aromatic rings. The average Bonchev–Trinajstić information content (AvgIpc) is 3.06. The van der Waals surface area contributed by atoms with Crippen molar-refractivity contribution in [3.63, 3.8) is 0 Å². The number of hydrogen-bond donors (Lipinski definition) is 2. The number of benzene rings is 1. The minimum Gasteiger partial charge on any atom is -0.482 e. The number of pyridine rings is 1. The number of H-pyrrole nitrogens is 1. The van der Waals surface area contributed by atoms with Gasteiger partial charge in [0.05, 0.1) is 0 Å². The number of aromatic nitrogens is 2. The second-order valence-electron chi connectivity index (χ2n) is 7.42. The number of nitrogen functional groups attached to an aromatic ring is 1. The van der Waals surface area contributed by atoms with Crippen molar-refractivity contribution in [2.45, 2.75) is 26.9 Å². The van der Waals surface area contributed by atoms with Crippen LogP contribution in [0.25, 0.3) is 23.8 Å². The zero-order valence-electron chi connectivity index (χ0n) is 17.2. The molecule has 1 unspecified atom stereocenters. The standard InChI is InChI=1S/C24H25ClFN3O/c1-14(2)6-5-7-19-15(3)28-13-21(19)17-10-23(24(27)29-12-17)30-16(4)20-11-18(26)8-9-22(20)25/h5-14,16,28H,3H2,1-2,4H3,(H2,27,29)/b6-5-,19-7+. The van der Waals surface area contributed by atoms with E-state index in [9.17, 15) is 4.39 Å². The smallest absolute Gasteiger partial charge is 0.166 e. The van der Waals surface area contributed by atoms with E-state index in [-0.39, 0.29) is 11.6 Å². The van der Waals surface area contributed by atoms with E-state index in [1.54, 1.807) is 13.1 Å². The van der Waals surface area contributed by atoms with Gasteiger partial charge in [-0.25, -0.2) is 9.37 Å². The number of anilines is 1.